The van der Waals surface area contributed by atoms with Crippen molar-refractivity contribution in [2.75, 3.05) is 32.1 Å². The molecule has 0 fully saturated rings. The number of Topliss-reactive ketones (excluding diaryl/α,β-unsaturated/α-hetero) is 1. The summed E-state index contributed by atoms with van der Waals surface area (Å²) < 4.78 is 36.2. The number of aromatic carboxylic acids is 1. The number of ketones is 1. The van der Waals surface area contributed by atoms with Crippen LogP contribution in [0, 0.1) is 0 Å². The zero-order valence-corrected chi connectivity index (χ0v) is 21.3. The van der Waals surface area contributed by atoms with Crippen LogP contribution in [-0.2, 0) is 14.3 Å². The lowest BCUT2D eigenvalue weighted by Crippen LogP contribution is -2.48. The standard InChI is InChI=1S/C26H23ClF2N4O6/c1-38-11-9-20(23(35)30-16-5-2-14(3-6-16)26(36)37)33-10-8-17(21(34)13-33)19-12-15(27)4-7-18(19)24-31-32-25(39-24)22(28)29/h2-8,12,20,22H,9-11,13H2,1H3,(H,30,35)(H,36,37). The number of nitrogens with zero attached hydrogens (tertiary/aromatic N) is 3. The van der Waals surface area contributed by atoms with E-state index in [0.29, 0.717) is 16.3 Å². The Morgan fingerprint density at radius 2 is 1.92 bits per heavy atom. The lowest BCUT2D eigenvalue weighted by Gasteiger charge is -2.32. The van der Waals surface area contributed by atoms with Crippen molar-refractivity contribution in [3.8, 4) is 11.5 Å². The van der Waals surface area contributed by atoms with Gasteiger partial charge in [-0.15, -0.1) is 10.2 Å². The second-order valence-corrected chi connectivity index (χ2v) is 9.01. The normalized spacial score (nSPS) is 14.8. The topological polar surface area (TPSA) is 135 Å². The van der Waals surface area contributed by atoms with E-state index in [-0.39, 0.29) is 54.5 Å². The zero-order chi connectivity index (χ0) is 28.1. The van der Waals surface area contributed by atoms with Crippen LogP contribution in [0.3, 0.4) is 0 Å². The summed E-state index contributed by atoms with van der Waals surface area (Å²) in [7, 11) is 1.50. The van der Waals surface area contributed by atoms with Gasteiger partial charge in [0.05, 0.1) is 18.2 Å². The third kappa shape index (κ3) is 6.53. The van der Waals surface area contributed by atoms with Gasteiger partial charge in [0, 0.05) is 42.1 Å². The minimum absolute atomic E-state index is 0.0783. The van der Waals surface area contributed by atoms with Crippen molar-refractivity contribution in [3.63, 3.8) is 0 Å². The highest BCUT2D eigenvalue weighted by Gasteiger charge is 2.32. The number of methoxy groups -OCH3 is 1. The summed E-state index contributed by atoms with van der Waals surface area (Å²) in [6.07, 6.45) is -1.04. The molecule has 1 aromatic heterocycles. The number of carbonyl (C=O) groups is 3. The van der Waals surface area contributed by atoms with Gasteiger partial charge in [0.25, 0.3) is 5.89 Å². The SMILES string of the molecule is COCCC(C(=O)Nc1ccc(C(=O)O)cc1)N1CC=C(c2cc(Cl)ccc2-c2nnc(C(F)F)o2)C(=O)C1. The average Bonchev–Trinajstić information content (AvgIpc) is 3.40. The number of hydrogen-bond donors (Lipinski definition) is 2. The van der Waals surface area contributed by atoms with Crippen molar-refractivity contribution >= 4 is 40.5 Å². The van der Waals surface area contributed by atoms with Crippen LogP contribution in [0.25, 0.3) is 17.0 Å². The molecule has 2 aromatic carbocycles. The highest BCUT2D eigenvalue weighted by molar-refractivity contribution is 6.31. The molecule has 0 aliphatic carbocycles. The summed E-state index contributed by atoms with van der Waals surface area (Å²) in [5.74, 6) is -2.84. The number of alkyl halides is 2. The van der Waals surface area contributed by atoms with E-state index in [9.17, 15) is 23.2 Å². The minimum Gasteiger partial charge on any atom is -0.478 e. The van der Waals surface area contributed by atoms with E-state index in [0.717, 1.165) is 0 Å². The van der Waals surface area contributed by atoms with Gasteiger partial charge in [-0.2, -0.15) is 8.78 Å². The van der Waals surface area contributed by atoms with Gasteiger partial charge in [-0.05, 0) is 54.4 Å². The molecule has 13 heteroatoms. The number of halogens is 3. The van der Waals surface area contributed by atoms with Crippen LogP contribution in [-0.4, -0.2) is 70.7 Å². The molecule has 1 atom stereocenters. The molecule has 0 bridgehead atoms. The molecule has 0 saturated heterocycles. The zero-order valence-electron chi connectivity index (χ0n) is 20.6. The minimum atomic E-state index is -2.95. The van der Waals surface area contributed by atoms with Crippen LogP contribution >= 0.6 is 11.6 Å². The number of nitrogens with one attached hydrogen (secondary N) is 1. The summed E-state index contributed by atoms with van der Waals surface area (Å²) in [6.45, 7) is 0.335. The highest BCUT2D eigenvalue weighted by atomic mass is 35.5. The number of carbonyl (C=O) groups excluding carboxylic acids is 2. The Morgan fingerprint density at radius 3 is 2.54 bits per heavy atom. The predicted octanol–water partition coefficient (Wildman–Crippen LogP) is 4.34. The summed E-state index contributed by atoms with van der Waals surface area (Å²) in [6, 6.07) is 9.49. The fourth-order valence-corrected chi connectivity index (χ4v) is 4.31. The smallest absolute Gasteiger partial charge is 0.335 e. The first kappa shape index (κ1) is 28.0. The number of anilines is 1. The van der Waals surface area contributed by atoms with Gasteiger partial charge in [0.15, 0.2) is 5.78 Å². The van der Waals surface area contributed by atoms with Crippen LogP contribution < -0.4 is 5.32 Å². The molecule has 1 unspecified atom stereocenters. The van der Waals surface area contributed by atoms with Crippen molar-refractivity contribution < 1.29 is 37.4 Å². The number of rotatable bonds is 10. The number of hydrogen-bond acceptors (Lipinski definition) is 8. The van der Waals surface area contributed by atoms with E-state index < -0.39 is 30.2 Å². The quantitative estimate of drug-likeness (QED) is 0.371. The van der Waals surface area contributed by atoms with Crippen molar-refractivity contribution in [2.45, 2.75) is 18.9 Å². The van der Waals surface area contributed by atoms with Crippen LogP contribution in [0.5, 0.6) is 0 Å². The fraction of sp³-hybridized carbons (Fsp3) is 0.269. The largest absolute Gasteiger partial charge is 0.478 e. The Bertz CT molecular complexity index is 1410. The monoisotopic (exact) mass is 560 g/mol. The predicted molar refractivity (Wildman–Crippen MR) is 137 cm³/mol. The van der Waals surface area contributed by atoms with Gasteiger partial charge in [-0.25, -0.2) is 4.79 Å². The van der Waals surface area contributed by atoms with Crippen LogP contribution in [0.4, 0.5) is 14.5 Å². The van der Waals surface area contributed by atoms with Gasteiger partial charge < -0.3 is 19.6 Å². The molecule has 0 saturated carbocycles. The third-order valence-corrected chi connectivity index (χ3v) is 6.28. The molecule has 204 valence electrons. The maximum Gasteiger partial charge on any atom is 0.335 e. The second-order valence-electron chi connectivity index (χ2n) is 8.58. The van der Waals surface area contributed by atoms with Gasteiger partial charge >= 0.3 is 12.4 Å². The van der Waals surface area contributed by atoms with E-state index in [1.54, 1.807) is 11.0 Å². The first-order valence-corrected chi connectivity index (χ1v) is 12.1. The summed E-state index contributed by atoms with van der Waals surface area (Å²) in [4.78, 5) is 39.2. The molecule has 1 aliphatic rings. The molecule has 0 radical (unpaired) electrons. The Kier molecular flexibility index (Phi) is 8.79. The van der Waals surface area contributed by atoms with E-state index in [1.165, 1.54) is 49.6 Å². The maximum absolute atomic E-state index is 13.3. The molecule has 2 heterocycles. The Balaban J connectivity index is 1.58. The van der Waals surface area contributed by atoms with E-state index in [4.69, 9.17) is 25.9 Å². The van der Waals surface area contributed by atoms with Gasteiger partial charge in [0.1, 0.15) is 0 Å². The summed E-state index contributed by atoms with van der Waals surface area (Å²) >= 11 is 6.17. The highest BCUT2D eigenvalue weighted by Crippen LogP contribution is 2.34. The molecule has 1 aliphatic heterocycles. The van der Waals surface area contributed by atoms with Gasteiger partial charge in [-0.1, -0.05) is 17.7 Å². The van der Waals surface area contributed by atoms with Crippen molar-refractivity contribution in [1.82, 2.24) is 15.1 Å². The summed E-state index contributed by atoms with van der Waals surface area (Å²) in [5, 5.41) is 19.2. The average molecular weight is 561 g/mol. The van der Waals surface area contributed by atoms with Gasteiger partial charge in [-0.3, -0.25) is 14.5 Å². The van der Waals surface area contributed by atoms with Crippen molar-refractivity contribution in [3.05, 3.63) is 70.6 Å². The third-order valence-electron chi connectivity index (χ3n) is 6.04. The number of benzene rings is 2. The van der Waals surface area contributed by atoms with Crippen LogP contribution in [0.15, 0.2) is 53.0 Å². The first-order valence-electron chi connectivity index (χ1n) is 11.7. The molecule has 0 spiro atoms. The molecular formula is C26H23ClF2N4O6. The van der Waals surface area contributed by atoms with E-state index in [2.05, 4.69) is 15.5 Å². The molecule has 39 heavy (non-hydrogen) atoms. The lowest BCUT2D eigenvalue weighted by atomic mass is 9.93. The number of ether oxygens (including phenoxy) is 1. The Labute approximate surface area is 226 Å². The van der Waals surface area contributed by atoms with Crippen molar-refractivity contribution in [2.24, 2.45) is 0 Å². The number of amides is 1. The number of aromatic nitrogens is 2. The molecule has 10 nitrogen and oxygen atoms in total. The summed E-state index contributed by atoms with van der Waals surface area (Å²) in [5.41, 5.74) is 1.36. The molecule has 2 N–H and O–H groups in total. The lowest BCUT2D eigenvalue weighted by molar-refractivity contribution is -0.123. The first-order chi connectivity index (χ1) is 18.7. The van der Waals surface area contributed by atoms with E-state index in [1.807, 2.05) is 0 Å². The maximum atomic E-state index is 13.3. The van der Waals surface area contributed by atoms with Crippen molar-refractivity contribution in [1.29, 1.82) is 0 Å². The number of carboxylic acids is 1. The van der Waals surface area contributed by atoms with E-state index >= 15 is 0 Å². The van der Waals surface area contributed by atoms with Crippen LogP contribution in [0.2, 0.25) is 5.02 Å². The van der Waals surface area contributed by atoms with Crippen LogP contribution in [0.1, 0.15) is 34.7 Å². The molecular weight excluding hydrogens is 538 g/mol. The Hall–Kier alpha value is -4.00. The second kappa shape index (κ2) is 12.2. The van der Waals surface area contributed by atoms with Gasteiger partial charge in [0.2, 0.25) is 11.8 Å². The molecule has 1 amide bonds. The molecule has 4 rings (SSSR count). The molecule has 3 aromatic rings. The fourth-order valence-electron chi connectivity index (χ4n) is 4.14. The Morgan fingerprint density at radius 1 is 1.18 bits per heavy atom. The number of carboxylic acid groups (broad SMARTS) is 1.